The molecule has 7 heteroatoms. The Bertz CT molecular complexity index is 410. The minimum atomic E-state index is -5.11. The third kappa shape index (κ3) is 20.2. The number of carbonyl (C=O) groups excluding carboxylic acids is 2. The van der Waals surface area contributed by atoms with Crippen molar-refractivity contribution in [2.45, 2.75) is 103 Å². The van der Waals surface area contributed by atoms with Crippen LogP contribution in [0.5, 0.6) is 0 Å². The SMILES string of the molecule is CCCCCCCC/C=C\CCCCCCCC(=O)OC(=O)C(F)(F)F.[NaH]. The van der Waals surface area contributed by atoms with Crippen LogP contribution in [0.3, 0.4) is 0 Å². The van der Waals surface area contributed by atoms with Crippen LogP contribution in [0.4, 0.5) is 13.2 Å². The van der Waals surface area contributed by atoms with Gasteiger partial charge in [-0.1, -0.05) is 70.4 Å². The van der Waals surface area contributed by atoms with E-state index in [1.807, 2.05) is 0 Å². The normalized spacial score (nSPS) is 11.4. The second-order valence-electron chi connectivity index (χ2n) is 6.59. The molecule has 0 radical (unpaired) electrons. The van der Waals surface area contributed by atoms with Crippen molar-refractivity contribution in [3.63, 3.8) is 0 Å². The van der Waals surface area contributed by atoms with E-state index in [1.165, 1.54) is 38.5 Å². The zero-order valence-corrected chi connectivity index (χ0v) is 15.9. The molecule has 154 valence electrons. The fourth-order valence-electron chi connectivity index (χ4n) is 2.55. The predicted molar refractivity (Wildman–Crippen MR) is 104 cm³/mol. The molecule has 0 saturated heterocycles. The number of esters is 2. The van der Waals surface area contributed by atoms with Crippen molar-refractivity contribution in [3.05, 3.63) is 12.2 Å². The molecule has 0 fully saturated rings. The van der Waals surface area contributed by atoms with Crippen molar-refractivity contribution in [1.82, 2.24) is 0 Å². The van der Waals surface area contributed by atoms with Crippen molar-refractivity contribution in [2.75, 3.05) is 0 Å². The Kier molecular flexibility index (Phi) is 20.3. The Morgan fingerprint density at radius 1 is 0.778 bits per heavy atom. The zero-order chi connectivity index (χ0) is 19.7. The van der Waals surface area contributed by atoms with Crippen LogP contribution in [0.15, 0.2) is 12.2 Å². The van der Waals surface area contributed by atoms with E-state index in [0.29, 0.717) is 6.42 Å². The van der Waals surface area contributed by atoms with E-state index in [-0.39, 0.29) is 36.0 Å². The first-order valence-electron chi connectivity index (χ1n) is 9.84. The summed E-state index contributed by atoms with van der Waals surface area (Å²) >= 11 is 0. The van der Waals surface area contributed by atoms with Gasteiger partial charge in [0.25, 0.3) is 0 Å². The molecule has 0 aromatic heterocycles. The van der Waals surface area contributed by atoms with E-state index >= 15 is 0 Å². The number of allylic oxidation sites excluding steroid dienone is 2. The van der Waals surface area contributed by atoms with Crippen molar-refractivity contribution in [3.8, 4) is 0 Å². The van der Waals surface area contributed by atoms with Crippen molar-refractivity contribution in [1.29, 1.82) is 0 Å². The predicted octanol–water partition coefficient (Wildman–Crippen LogP) is 6.01. The van der Waals surface area contributed by atoms with E-state index in [1.54, 1.807) is 0 Å². The number of alkyl halides is 3. The first kappa shape index (κ1) is 28.9. The van der Waals surface area contributed by atoms with Gasteiger partial charge in [-0.05, 0) is 32.1 Å². The average molecular weight is 402 g/mol. The van der Waals surface area contributed by atoms with Gasteiger partial charge in [-0.25, -0.2) is 4.79 Å². The number of hydrogen-bond donors (Lipinski definition) is 0. The summed E-state index contributed by atoms with van der Waals surface area (Å²) in [6, 6.07) is 0. The van der Waals surface area contributed by atoms with Gasteiger partial charge in [0, 0.05) is 6.42 Å². The number of unbranched alkanes of at least 4 members (excludes halogenated alkanes) is 11. The standard InChI is InChI=1S/C20H33F3O3.Na.H/c1-2-3-4-5-6-7-8-9-10-11-12-13-14-15-16-17-18(24)26-19(25)20(21,22)23;;/h9-10H,2-8,11-17H2,1H3;;/b10-9-;;. The van der Waals surface area contributed by atoms with Gasteiger partial charge >= 0.3 is 47.7 Å². The molecular formula is C20H34F3NaO3. The molecule has 0 aliphatic heterocycles. The Hall–Kier alpha value is -0.330. The average Bonchev–Trinajstić information content (AvgIpc) is 2.57. The van der Waals surface area contributed by atoms with Gasteiger partial charge in [-0.3, -0.25) is 4.79 Å². The maximum absolute atomic E-state index is 11.9. The molecule has 0 rings (SSSR count). The van der Waals surface area contributed by atoms with Gasteiger partial charge in [0.15, 0.2) is 0 Å². The van der Waals surface area contributed by atoms with Crippen LogP contribution in [0.25, 0.3) is 0 Å². The number of carbonyl (C=O) groups is 2. The molecular weight excluding hydrogens is 368 g/mol. The van der Waals surface area contributed by atoms with Gasteiger partial charge in [0.05, 0.1) is 0 Å². The van der Waals surface area contributed by atoms with Gasteiger partial charge in [0.1, 0.15) is 0 Å². The van der Waals surface area contributed by atoms with E-state index in [4.69, 9.17) is 0 Å². The fraction of sp³-hybridized carbons (Fsp3) is 0.800. The van der Waals surface area contributed by atoms with E-state index in [9.17, 15) is 22.8 Å². The number of rotatable bonds is 15. The van der Waals surface area contributed by atoms with E-state index < -0.39 is 18.1 Å². The molecule has 0 spiro atoms. The molecule has 0 atom stereocenters. The summed E-state index contributed by atoms with van der Waals surface area (Å²) in [6.07, 6.45) is 13.4. The molecule has 0 saturated carbocycles. The molecule has 0 aliphatic carbocycles. The molecule has 3 nitrogen and oxygen atoms in total. The molecule has 0 amide bonds. The van der Waals surface area contributed by atoms with Crippen LogP contribution >= 0.6 is 0 Å². The third-order valence-corrected chi connectivity index (χ3v) is 4.08. The monoisotopic (exact) mass is 402 g/mol. The number of hydrogen-bond acceptors (Lipinski definition) is 3. The molecule has 0 aromatic rings. The van der Waals surface area contributed by atoms with Gasteiger partial charge in [-0.15, -0.1) is 0 Å². The second-order valence-corrected chi connectivity index (χ2v) is 6.59. The number of halogens is 3. The van der Waals surface area contributed by atoms with Crippen LogP contribution < -0.4 is 0 Å². The summed E-state index contributed by atoms with van der Waals surface area (Å²) in [5.41, 5.74) is 0. The second kappa shape index (κ2) is 19.0. The topological polar surface area (TPSA) is 43.4 Å². The van der Waals surface area contributed by atoms with Gasteiger partial charge in [-0.2, -0.15) is 13.2 Å². The summed E-state index contributed by atoms with van der Waals surface area (Å²) in [6.45, 7) is 2.22. The molecule has 0 unspecified atom stereocenters. The van der Waals surface area contributed by atoms with Crippen LogP contribution in [0, 0.1) is 0 Å². The quantitative estimate of drug-likeness (QED) is 0.111. The molecule has 0 aromatic carbocycles. The minimum absolute atomic E-state index is 0. The Morgan fingerprint density at radius 2 is 1.22 bits per heavy atom. The molecule has 0 aliphatic rings. The Morgan fingerprint density at radius 3 is 1.70 bits per heavy atom. The molecule has 0 bridgehead atoms. The summed E-state index contributed by atoms with van der Waals surface area (Å²) in [7, 11) is 0. The first-order chi connectivity index (χ1) is 12.4. The summed E-state index contributed by atoms with van der Waals surface area (Å²) in [4.78, 5) is 21.5. The van der Waals surface area contributed by atoms with Crippen LogP contribution in [-0.4, -0.2) is 47.7 Å². The first-order valence-corrected chi connectivity index (χ1v) is 9.84. The molecule has 0 N–H and O–H groups in total. The molecule has 0 heterocycles. The summed E-state index contributed by atoms with van der Waals surface area (Å²) < 4.78 is 39.4. The van der Waals surface area contributed by atoms with Crippen LogP contribution in [0.2, 0.25) is 0 Å². The third-order valence-electron chi connectivity index (χ3n) is 4.08. The number of ether oxygens (including phenoxy) is 1. The Labute approximate surface area is 183 Å². The molecule has 27 heavy (non-hydrogen) atoms. The van der Waals surface area contributed by atoms with E-state index in [2.05, 4.69) is 23.8 Å². The van der Waals surface area contributed by atoms with E-state index in [0.717, 1.165) is 38.5 Å². The van der Waals surface area contributed by atoms with Gasteiger partial charge < -0.3 is 4.74 Å². The van der Waals surface area contributed by atoms with Crippen molar-refractivity contribution < 1.29 is 27.5 Å². The van der Waals surface area contributed by atoms with Crippen LogP contribution in [0.1, 0.15) is 96.8 Å². The summed E-state index contributed by atoms with van der Waals surface area (Å²) in [5.74, 6) is -3.54. The van der Waals surface area contributed by atoms with Crippen molar-refractivity contribution >= 4 is 41.5 Å². The Balaban J connectivity index is 0. The zero-order valence-electron chi connectivity index (χ0n) is 15.9. The van der Waals surface area contributed by atoms with Crippen molar-refractivity contribution in [2.24, 2.45) is 0 Å². The van der Waals surface area contributed by atoms with Gasteiger partial charge in [0.2, 0.25) is 0 Å². The van der Waals surface area contributed by atoms with Crippen LogP contribution in [-0.2, 0) is 14.3 Å². The maximum atomic E-state index is 11.9. The summed E-state index contributed by atoms with van der Waals surface area (Å²) in [5, 5.41) is 0. The fourth-order valence-corrected chi connectivity index (χ4v) is 2.55.